The van der Waals surface area contributed by atoms with E-state index in [1.807, 2.05) is 18.2 Å². The quantitative estimate of drug-likeness (QED) is 0.359. The summed E-state index contributed by atoms with van der Waals surface area (Å²) >= 11 is 3.41. The minimum Gasteiger partial charge on any atom is -0.276 e. The Morgan fingerprint density at radius 3 is 2.37 bits per heavy atom. The standard InChI is InChI=1S/C25H19BrN4O4S/c26-21-7-5-20-14-22(8-6-19(20)13-21)35(33,34)29-11-12-30(24(31)15-29)25(32)18-3-1-17(2-4-18)23-9-10-27-16-28-23/h1-10,13-14,16H,11-12,15H2. The van der Waals surface area contributed by atoms with Crippen LogP contribution in [0.3, 0.4) is 0 Å². The number of carbonyl (C=O) groups excluding carboxylic acids is 2. The Morgan fingerprint density at radius 1 is 0.914 bits per heavy atom. The van der Waals surface area contributed by atoms with Gasteiger partial charge in [-0.05, 0) is 53.2 Å². The molecule has 1 aromatic heterocycles. The molecule has 3 aromatic carbocycles. The number of carbonyl (C=O) groups is 2. The number of halogens is 1. The van der Waals surface area contributed by atoms with E-state index in [1.54, 1.807) is 48.7 Å². The number of benzene rings is 3. The van der Waals surface area contributed by atoms with E-state index < -0.39 is 28.4 Å². The lowest BCUT2D eigenvalue weighted by atomic mass is 10.1. The van der Waals surface area contributed by atoms with Gasteiger partial charge in [-0.2, -0.15) is 4.31 Å². The number of hydrogen-bond acceptors (Lipinski definition) is 6. The summed E-state index contributed by atoms with van der Waals surface area (Å²) in [7, 11) is -3.90. The lowest BCUT2D eigenvalue weighted by molar-refractivity contribution is -0.131. The van der Waals surface area contributed by atoms with Crippen LogP contribution in [-0.4, -0.2) is 59.0 Å². The lowest BCUT2D eigenvalue weighted by Gasteiger charge is -2.32. The molecule has 2 amide bonds. The molecule has 0 saturated carbocycles. The minimum atomic E-state index is -3.90. The maximum Gasteiger partial charge on any atom is 0.260 e. The molecule has 5 rings (SSSR count). The Bertz CT molecular complexity index is 1540. The Kier molecular flexibility index (Phi) is 6.18. The fourth-order valence-electron chi connectivity index (χ4n) is 3.98. The normalized spacial score (nSPS) is 14.9. The van der Waals surface area contributed by atoms with Crippen molar-refractivity contribution in [2.75, 3.05) is 19.6 Å². The summed E-state index contributed by atoms with van der Waals surface area (Å²) in [5.41, 5.74) is 1.87. The van der Waals surface area contributed by atoms with E-state index in [2.05, 4.69) is 25.9 Å². The molecule has 0 spiro atoms. The number of fused-ring (bicyclic) bond motifs is 1. The predicted molar refractivity (Wildman–Crippen MR) is 134 cm³/mol. The van der Waals surface area contributed by atoms with Crippen LogP contribution >= 0.6 is 15.9 Å². The minimum absolute atomic E-state index is 0.0227. The molecule has 0 atom stereocenters. The molecule has 0 unspecified atom stereocenters. The Balaban J connectivity index is 1.31. The topological polar surface area (TPSA) is 101 Å². The maximum absolute atomic E-state index is 13.2. The summed E-state index contributed by atoms with van der Waals surface area (Å²) in [6, 6.07) is 19.0. The zero-order chi connectivity index (χ0) is 24.6. The van der Waals surface area contributed by atoms with Crippen molar-refractivity contribution in [1.82, 2.24) is 19.2 Å². The van der Waals surface area contributed by atoms with Crippen LogP contribution in [-0.2, 0) is 14.8 Å². The lowest BCUT2D eigenvalue weighted by Crippen LogP contribution is -2.54. The van der Waals surface area contributed by atoms with Crippen molar-refractivity contribution in [1.29, 1.82) is 0 Å². The van der Waals surface area contributed by atoms with Crippen molar-refractivity contribution in [3.05, 3.63) is 89.3 Å². The van der Waals surface area contributed by atoms with Gasteiger partial charge >= 0.3 is 0 Å². The molecule has 2 heterocycles. The van der Waals surface area contributed by atoms with E-state index in [1.165, 1.54) is 12.4 Å². The number of nitrogens with zero attached hydrogens (tertiary/aromatic N) is 4. The average molecular weight is 551 g/mol. The van der Waals surface area contributed by atoms with Gasteiger partial charge in [0, 0.05) is 34.9 Å². The van der Waals surface area contributed by atoms with Gasteiger partial charge in [-0.1, -0.05) is 40.2 Å². The Hall–Kier alpha value is -3.47. The van der Waals surface area contributed by atoms with E-state index in [9.17, 15) is 18.0 Å². The molecule has 0 aliphatic carbocycles. The van der Waals surface area contributed by atoms with Crippen molar-refractivity contribution >= 4 is 48.5 Å². The van der Waals surface area contributed by atoms with E-state index in [4.69, 9.17) is 0 Å². The van der Waals surface area contributed by atoms with Gasteiger partial charge in [0.2, 0.25) is 15.9 Å². The van der Waals surface area contributed by atoms with E-state index in [-0.39, 0.29) is 18.0 Å². The first-order valence-electron chi connectivity index (χ1n) is 10.7. The number of amides is 2. The highest BCUT2D eigenvalue weighted by atomic mass is 79.9. The van der Waals surface area contributed by atoms with Gasteiger partial charge in [-0.25, -0.2) is 18.4 Å². The van der Waals surface area contributed by atoms with Crippen molar-refractivity contribution in [3.8, 4) is 11.3 Å². The smallest absolute Gasteiger partial charge is 0.260 e. The van der Waals surface area contributed by atoms with E-state index in [0.717, 1.165) is 35.7 Å². The molecule has 1 aliphatic rings. The first kappa shape index (κ1) is 23.3. The molecule has 0 radical (unpaired) electrons. The molecule has 1 aliphatic heterocycles. The number of aromatic nitrogens is 2. The number of imide groups is 1. The van der Waals surface area contributed by atoms with Crippen LogP contribution in [0.25, 0.3) is 22.0 Å². The highest BCUT2D eigenvalue weighted by Crippen LogP contribution is 2.26. The molecule has 10 heteroatoms. The molecule has 0 bridgehead atoms. The highest BCUT2D eigenvalue weighted by Gasteiger charge is 2.35. The number of piperazine rings is 1. The molecule has 0 N–H and O–H groups in total. The summed E-state index contributed by atoms with van der Waals surface area (Å²) in [5.74, 6) is -1.02. The number of hydrogen-bond donors (Lipinski definition) is 0. The molecule has 1 saturated heterocycles. The third-order valence-electron chi connectivity index (χ3n) is 5.85. The number of rotatable bonds is 4. The van der Waals surface area contributed by atoms with Crippen LogP contribution in [0.4, 0.5) is 0 Å². The molecule has 4 aromatic rings. The molecule has 35 heavy (non-hydrogen) atoms. The summed E-state index contributed by atoms with van der Waals surface area (Å²) in [4.78, 5) is 35.1. The van der Waals surface area contributed by atoms with Crippen molar-refractivity contribution in [3.63, 3.8) is 0 Å². The number of sulfonamides is 1. The highest BCUT2D eigenvalue weighted by molar-refractivity contribution is 9.10. The fraction of sp³-hybridized carbons (Fsp3) is 0.120. The third kappa shape index (κ3) is 4.60. The molecule has 1 fully saturated rings. The van der Waals surface area contributed by atoms with Gasteiger partial charge in [0.25, 0.3) is 5.91 Å². The molecule has 176 valence electrons. The second kappa shape index (κ2) is 9.29. The maximum atomic E-state index is 13.2. The fourth-order valence-corrected chi connectivity index (χ4v) is 5.77. The summed E-state index contributed by atoms with van der Waals surface area (Å²) < 4.78 is 28.4. The van der Waals surface area contributed by atoms with Crippen LogP contribution in [0.15, 0.2) is 88.6 Å². The monoisotopic (exact) mass is 550 g/mol. The predicted octanol–water partition coefficient (Wildman–Crippen LogP) is 3.73. The van der Waals surface area contributed by atoms with Crippen LogP contribution < -0.4 is 0 Å². The SMILES string of the molecule is O=C1CN(S(=O)(=O)c2ccc3cc(Br)ccc3c2)CCN1C(=O)c1ccc(-c2ccncn2)cc1. The van der Waals surface area contributed by atoms with Crippen LogP contribution in [0.1, 0.15) is 10.4 Å². The van der Waals surface area contributed by atoms with Gasteiger partial charge in [-0.3, -0.25) is 14.5 Å². The molecule has 8 nitrogen and oxygen atoms in total. The second-order valence-electron chi connectivity index (χ2n) is 8.01. The Morgan fingerprint density at radius 2 is 1.66 bits per heavy atom. The van der Waals surface area contributed by atoms with Gasteiger partial charge < -0.3 is 0 Å². The average Bonchev–Trinajstić information content (AvgIpc) is 2.88. The van der Waals surface area contributed by atoms with Crippen molar-refractivity contribution in [2.45, 2.75) is 4.90 Å². The van der Waals surface area contributed by atoms with Crippen LogP contribution in [0, 0.1) is 0 Å². The first-order valence-corrected chi connectivity index (χ1v) is 13.0. The van der Waals surface area contributed by atoms with E-state index >= 15 is 0 Å². The van der Waals surface area contributed by atoms with Crippen LogP contribution in [0.2, 0.25) is 0 Å². The summed E-state index contributed by atoms with van der Waals surface area (Å²) in [6.07, 6.45) is 3.07. The van der Waals surface area contributed by atoms with Gasteiger partial charge in [0.1, 0.15) is 6.33 Å². The van der Waals surface area contributed by atoms with Gasteiger partial charge in [-0.15, -0.1) is 0 Å². The zero-order valence-electron chi connectivity index (χ0n) is 18.3. The summed E-state index contributed by atoms with van der Waals surface area (Å²) in [6.45, 7) is -0.395. The largest absolute Gasteiger partial charge is 0.276 e. The first-order chi connectivity index (χ1) is 16.8. The van der Waals surface area contributed by atoms with Crippen LogP contribution in [0.5, 0.6) is 0 Å². The van der Waals surface area contributed by atoms with Crippen molar-refractivity contribution < 1.29 is 18.0 Å². The van der Waals surface area contributed by atoms with Gasteiger partial charge in [0.05, 0.1) is 17.1 Å². The zero-order valence-corrected chi connectivity index (χ0v) is 20.7. The summed E-state index contributed by atoms with van der Waals surface area (Å²) in [5, 5.41) is 1.68. The van der Waals surface area contributed by atoms with Crippen molar-refractivity contribution in [2.24, 2.45) is 0 Å². The second-order valence-corrected chi connectivity index (χ2v) is 10.9. The van der Waals surface area contributed by atoms with E-state index in [0.29, 0.717) is 5.56 Å². The molecular weight excluding hydrogens is 532 g/mol. The third-order valence-corrected chi connectivity index (χ3v) is 8.19. The Labute approximate surface area is 210 Å². The van der Waals surface area contributed by atoms with Gasteiger partial charge in [0.15, 0.2) is 0 Å². The molecular formula is C25H19BrN4O4S.